The van der Waals surface area contributed by atoms with Crippen LogP contribution in [-0.2, 0) is 0 Å². The molecule has 0 bridgehead atoms. The van der Waals surface area contributed by atoms with Gasteiger partial charge in [-0.25, -0.2) is 0 Å². The summed E-state index contributed by atoms with van der Waals surface area (Å²) in [6, 6.07) is 0. The van der Waals surface area contributed by atoms with E-state index in [4.69, 9.17) is 6.42 Å². The summed E-state index contributed by atoms with van der Waals surface area (Å²) in [4.78, 5) is 0. The van der Waals surface area contributed by atoms with E-state index in [1.54, 1.807) is 0 Å². The lowest BCUT2D eigenvalue weighted by Gasteiger charge is -1.95. The Morgan fingerprint density at radius 1 is 1.17 bits per heavy atom. The van der Waals surface area contributed by atoms with Crippen LogP contribution in [0.1, 0.15) is 45.4 Å². The Bertz CT molecular complexity index is 172. The molecule has 0 rings (SSSR count). The molecule has 0 spiro atoms. The molecule has 0 saturated heterocycles. The molecule has 0 unspecified atom stereocenters. The van der Waals surface area contributed by atoms with Crippen molar-refractivity contribution in [2.45, 2.75) is 45.4 Å². The lowest BCUT2D eigenvalue weighted by molar-refractivity contribution is 0.750. The van der Waals surface area contributed by atoms with Crippen LogP contribution < -0.4 is 0 Å². The predicted molar refractivity (Wildman–Crippen MR) is 54.3 cm³/mol. The first-order valence-corrected chi connectivity index (χ1v) is 4.56. The third kappa shape index (κ3) is 9.12. The molecule has 0 aromatic rings. The molecular formula is C12H17. The zero-order chi connectivity index (χ0) is 9.07. The van der Waals surface area contributed by atoms with E-state index in [0.717, 1.165) is 25.7 Å². The second-order valence-electron chi connectivity index (χ2n) is 2.70. The van der Waals surface area contributed by atoms with Crippen LogP contribution in [-0.4, -0.2) is 0 Å². The van der Waals surface area contributed by atoms with Crippen molar-refractivity contribution in [3.05, 3.63) is 6.42 Å². The standard InChI is InChI=1S/C12H17/c1-3-5-7-9-11-12-10-8-6-4-2/h1,11H,5,7-10,12H2,2H3. The van der Waals surface area contributed by atoms with Gasteiger partial charge in [0.05, 0.1) is 0 Å². The summed E-state index contributed by atoms with van der Waals surface area (Å²) in [6.45, 7) is 1.89. The molecule has 0 heteroatoms. The van der Waals surface area contributed by atoms with Crippen LogP contribution in [0, 0.1) is 30.6 Å². The Balaban J connectivity index is 2.90. The van der Waals surface area contributed by atoms with Crippen molar-refractivity contribution in [1.82, 2.24) is 0 Å². The maximum absolute atomic E-state index is 5.13. The smallest absolute Gasteiger partial charge is 0.00886 e. The molecule has 65 valence electrons. The first-order chi connectivity index (χ1) is 5.91. The first-order valence-electron chi connectivity index (χ1n) is 4.56. The number of rotatable bonds is 6. The van der Waals surface area contributed by atoms with Crippen LogP contribution in [0.25, 0.3) is 0 Å². The molecule has 0 aliphatic rings. The second-order valence-corrected chi connectivity index (χ2v) is 2.70. The fourth-order valence-corrected chi connectivity index (χ4v) is 0.953. The van der Waals surface area contributed by atoms with Crippen molar-refractivity contribution in [2.75, 3.05) is 0 Å². The molecule has 0 fully saturated rings. The molecule has 0 saturated carbocycles. The van der Waals surface area contributed by atoms with Crippen molar-refractivity contribution in [3.63, 3.8) is 0 Å². The largest absolute Gasteiger partial charge is 0.120 e. The SMILES string of the molecule is C#CCCC[CH]CCCC#CC. The van der Waals surface area contributed by atoms with Crippen LogP contribution in [0.15, 0.2) is 0 Å². The van der Waals surface area contributed by atoms with Gasteiger partial charge in [-0.05, 0) is 39.0 Å². The number of terminal acetylenes is 1. The van der Waals surface area contributed by atoms with E-state index >= 15 is 0 Å². The van der Waals surface area contributed by atoms with Gasteiger partial charge in [-0.1, -0.05) is 0 Å². The van der Waals surface area contributed by atoms with E-state index in [1.807, 2.05) is 6.92 Å². The summed E-state index contributed by atoms with van der Waals surface area (Å²) in [6.07, 6.45) is 14.0. The molecule has 0 aliphatic heterocycles. The molecule has 0 aliphatic carbocycles. The number of hydrogen-bond donors (Lipinski definition) is 0. The maximum Gasteiger partial charge on any atom is 0.00886 e. The van der Waals surface area contributed by atoms with E-state index in [1.165, 1.54) is 12.8 Å². The summed E-state index contributed by atoms with van der Waals surface area (Å²) in [5.74, 6) is 8.57. The summed E-state index contributed by atoms with van der Waals surface area (Å²) >= 11 is 0. The lowest BCUT2D eigenvalue weighted by Crippen LogP contribution is -1.79. The van der Waals surface area contributed by atoms with Gasteiger partial charge in [0.15, 0.2) is 0 Å². The summed E-state index contributed by atoms with van der Waals surface area (Å²) in [5.41, 5.74) is 0. The van der Waals surface area contributed by atoms with E-state index in [0.29, 0.717) is 0 Å². The van der Waals surface area contributed by atoms with Crippen LogP contribution in [0.2, 0.25) is 0 Å². The number of hydrogen-bond acceptors (Lipinski definition) is 0. The monoisotopic (exact) mass is 161 g/mol. The fourth-order valence-electron chi connectivity index (χ4n) is 0.953. The molecule has 0 nitrogen and oxygen atoms in total. The Morgan fingerprint density at radius 2 is 1.83 bits per heavy atom. The van der Waals surface area contributed by atoms with Crippen LogP contribution in [0.5, 0.6) is 0 Å². The van der Waals surface area contributed by atoms with Gasteiger partial charge in [-0.15, -0.1) is 24.2 Å². The quantitative estimate of drug-likeness (QED) is 0.414. The van der Waals surface area contributed by atoms with Crippen molar-refractivity contribution >= 4 is 0 Å². The van der Waals surface area contributed by atoms with Gasteiger partial charge in [-0.3, -0.25) is 0 Å². The van der Waals surface area contributed by atoms with Gasteiger partial charge in [0.2, 0.25) is 0 Å². The molecule has 0 heterocycles. The average Bonchev–Trinajstić information content (AvgIpc) is 2.10. The van der Waals surface area contributed by atoms with Crippen LogP contribution in [0.3, 0.4) is 0 Å². The summed E-state index contributed by atoms with van der Waals surface area (Å²) in [7, 11) is 0. The van der Waals surface area contributed by atoms with Gasteiger partial charge in [0, 0.05) is 12.8 Å². The molecule has 1 radical (unpaired) electrons. The van der Waals surface area contributed by atoms with E-state index < -0.39 is 0 Å². The van der Waals surface area contributed by atoms with Gasteiger partial charge < -0.3 is 0 Å². The topological polar surface area (TPSA) is 0 Å². The Morgan fingerprint density at radius 3 is 2.42 bits per heavy atom. The van der Waals surface area contributed by atoms with Crippen LogP contribution in [0.4, 0.5) is 0 Å². The summed E-state index contributed by atoms with van der Waals surface area (Å²) < 4.78 is 0. The van der Waals surface area contributed by atoms with Crippen molar-refractivity contribution in [2.24, 2.45) is 0 Å². The van der Waals surface area contributed by atoms with Crippen molar-refractivity contribution in [1.29, 1.82) is 0 Å². The Hall–Kier alpha value is -0.880. The average molecular weight is 161 g/mol. The van der Waals surface area contributed by atoms with E-state index in [-0.39, 0.29) is 0 Å². The van der Waals surface area contributed by atoms with Gasteiger partial charge in [0.1, 0.15) is 0 Å². The Labute approximate surface area is 76.8 Å². The highest BCUT2D eigenvalue weighted by atomic mass is 13.9. The first kappa shape index (κ1) is 11.1. The van der Waals surface area contributed by atoms with E-state index in [9.17, 15) is 0 Å². The Kier molecular flexibility index (Phi) is 9.38. The highest BCUT2D eigenvalue weighted by Crippen LogP contribution is 2.04. The molecule has 0 aromatic carbocycles. The molecule has 0 aromatic heterocycles. The minimum absolute atomic E-state index is 0.908. The highest BCUT2D eigenvalue weighted by Gasteiger charge is 1.88. The van der Waals surface area contributed by atoms with Gasteiger partial charge in [0.25, 0.3) is 0 Å². The molecule has 0 N–H and O–H groups in total. The minimum atomic E-state index is 0.908. The zero-order valence-corrected chi connectivity index (χ0v) is 7.90. The molecule has 0 amide bonds. The van der Waals surface area contributed by atoms with Crippen molar-refractivity contribution in [3.8, 4) is 24.2 Å². The lowest BCUT2D eigenvalue weighted by atomic mass is 10.1. The molecule has 12 heavy (non-hydrogen) atoms. The third-order valence-electron chi connectivity index (χ3n) is 1.62. The maximum atomic E-state index is 5.13. The highest BCUT2D eigenvalue weighted by molar-refractivity contribution is 4.94. The zero-order valence-electron chi connectivity index (χ0n) is 7.90. The van der Waals surface area contributed by atoms with E-state index in [2.05, 4.69) is 24.2 Å². The predicted octanol–water partition coefficient (Wildman–Crippen LogP) is 3.19. The minimum Gasteiger partial charge on any atom is -0.120 e. The van der Waals surface area contributed by atoms with Gasteiger partial charge in [-0.2, -0.15) is 0 Å². The van der Waals surface area contributed by atoms with Gasteiger partial charge >= 0.3 is 0 Å². The molecule has 0 atom stereocenters. The fraction of sp³-hybridized carbons (Fsp3) is 0.583. The molecular weight excluding hydrogens is 144 g/mol. The van der Waals surface area contributed by atoms with Crippen molar-refractivity contribution < 1.29 is 0 Å². The summed E-state index contributed by atoms with van der Waals surface area (Å²) in [5, 5.41) is 0. The third-order valence-corrected chi connectivity index (χ3v) is 1.62. The second kappa shape index (κ2) is 10.1. The van der Waals surface area contributed by atoms with Crippen LogP contribution >= 0.6 is 0 Å². The normalized spacial score (nSPS) is 8.33. The number of unbranched alkanes of at least 4 members (excludes halogenated alkanes) is 6.